The summed E-state index contributed by atoms with van der Waals surface area (Å²) >= 11 is 6.11. The van der Waals surface area contributed by atoms with Gasteiger partial charge in [0.25, 0.3) is 5.91 Å². The van der Waals surface area contributed by atoms with Crippen LogP contribution in [0.4, 0.5) is 11.4 Å². The highest BCUT2D eigenvalue weighted by molar-refractivity contribution is 6.33. The molecule has 1 saturated carbocycles. The van der Waals surface area contributed by atoms with E-state index in [2.05, 4.69) is 25.8 Å². The third-order valence-corrected chi connectivity index (χ3v) is 6.81. The van der Waals surface area contributed by atoms with Crippen LogP contribution in [-0.2, 0) is 9.59 Å². The molecule has 0 aromatic heterocycles. The maximum atomic E-state index is 12.7. The SMILES string of the molecule is O=C(CN1CCN(CC(=O)Nc2ccccc2C(=O)NC2CCCC2)CC1)Nc1ccccc1Cl. The summed E-state index contributed by atoms with van der Waals surface area (Å²) in [6, 6.07) is 14.5. The minimum absolute atomic E-state index is 0.114. The number of nitrogens with one attached hydrogen (secondary N) is 3. The molecule has 0 bridgehead atoms. The number of anilines is 2. The number of benzene rings is 2. The Bertz CT molecular complexity index is 1050. The lowest BCUT2D eigenvalue weighted by Gasteiger charge is -2.33. The summed E-state index contributed by atoms with van der Waals surface area (Å²) in [5.41, 5.74) is 1.62. The number of nitrogens with zero attached hydrogens (tertiary/aromatic N) is 2. The average Bonchev–Trinajstić information content (AvgIpc) is 3.35. The maximum Gasteiger partial charge on any atom is 0.253 e. The van der Waals surface area contributed by atoms with Crippen LogP contribution in [0.5, 0.6) is 0 Å². The Kier molecular flexibility index (Phi) is 8.74. The zero-order valence-electron chi connectivity index (χ0n) is 19.8. The Morgan fingerprint density at radius 1 is 0.771 bits per heavy atom. The first-order valence-corrected chi connectivity index (χ1v) is 12.5. The van der Waals surface area contributed by atoms with Gasteiger partial charge < -0.3 is 16.0 Å². The lowest BCUT2D eigenvalue weighted by atomic mass is 10.1. The van der Waals surface area contributed by atoms with Crippen molar-refractivity contribution in [1.82, 2.24) is 15.1 Å². The smallest absolute Gasteiger partial charge is 0.253 e. The number of carbonyl (C=O) groups is 3. The molecule has 2 aromatic carbocycles. The van der Waals surface area contributed by atoms with Crippen molar-refractivity contribution < 1.29 is 14.4 Å². The molecule has 0 spiro atoms. The van der Waals surface area contributed by atoms with Gasteiger partial charge >= 0.3 is 0 Å². The van der Waals surface area contributed by atoms with Gasteiger partial charge in [-0.1, -0.05) is 48.7 Å². The molecule has 3 N–H and O–H groups in total. The molecule has 35 heavy (non-hydrogen) atoms. The van der Waals surface area contributed by atoms with Crippen molar-refractivity contribution in [3.05, 3.63) is 59.1 Å². The third-order valence-electron chi connectivity index (χ3n) is 6.48. The van der Waals surface area contributed by atoms with Crippen molar-refractivity contribution in [2.24, 2.45) is 0 Å². The fraction of sp³-hybridized carbons (Fsp3) is 0.423. The van der Waals surface area contributed by atoms with Crippen LogP contribution >= 0.6 is 11.6 Å². The van der Waals surface area contributed by atoms with E-state index in [-0.39, 0.29) is 36.9 Å². The molecule has 0 radical (unpaired) electrons. The minimum Gasteiger partial charge on any atom is -0.349 e. The fourth-order valence-electron chi connectivity index (χ4n) is 4.58. The summed E-state index contributed by atoms with van der Waals surface area (Å²) < 4.78 is 0. The molecule has 3 amide bonds. The highest BCUT2D eigenvalue weighted by Gasteiger charge is 2.23. The van der Waals surface area contributed by atoms with Gasteiger partial charge in [-0.15, -0.1) is 0 Å². The summed E-state index contributed by atoms with van der Waals surface area (Å²) in [6.07, 6.45) is 4.30. The molecule has 1 saturated heterocycles. The van der Waals surface area contributed by atoms with Crippen LogP contribution in [-0.4, -0.2) is 72.8 Å². The van der Waals surface area contributed by atoms with Crippen molar-refractivity contribution in [3.8, 4) is 0 Å². The standard InChI is InChI=1S/C26H32ClN5O3/c27-21-10-4-6-12-23(21)30-25(34)18-32-15-13-31(14-16-32)17-24(33)29-22-11-5-3-9-20(22)26(35)28-19-7-1-2-8-19/h3-6,9-12,19H,1-2,7-8,13-18H2,(H,28,35)(H,29,33)(H,30,34). The zero-order chi connectivity index (χ0) is 24.6. The molecule has 1 aliphatic heterocycles. The van der Waals surface area contributed by atoms with Gasteiger partial charge in [0.05, 0.1) is 35.1 Å². The molecule has 2 aliphatic rings. The lowest BCUT2D eigenvalue weighted by Crippen LogP contribution is -2.50. The Labute approximate surface area is 211 Å². The number of para-hydroxylation sites is 2. The molecule has 0 atom stereocenters. The molecule has 2 fully saturated rings. The van der Waals surface area contributed by atoms with E-state index in [1.165, 1.54) is 0 Å². The number of amides is 3. The first kappa shape index (κ1) is 25.2. The second-order valence-electron chi connectivity index (χ2n) is 9.13. The molecular formula is C26H32ClN5O3. The van der Waals surface area contributed by atoms with E-state index in [0.29, 0.717) is 48.1 Å². The summed E-state index contributed by atoms with van der Waals surface area (Å²) in [4.78, 5) is 41.9. The number of rotatable bonds is 8. The van der Waals surface area contributed by atoms with E-state index >= 15 is 0 Å². The van der Waals surface area contributed by atoms with E-state index in [0.717, 1.165) is 25.7 Å². The monoisotopic (exact) mass is 497 g/mol. The predicted octanol–water partition coefficient (Wildman–Crippen LogP) is 3.21. The van der Waals surface area contributed by atoms with Crippen LogP contribution < -0.4 is 16.0 Å². The largest absolute Gasteiger partial charge is 0.349 e. The van der Waals surface area contributed by atoms with Crippen molar-refractivity contribution >= 4 is 40.7 Å². The van der Waals surface area contributed by atoms with Crippen molar-refractivity contribution in [2.75, 3.05) is 49.9 Å². The molecule has 1 heterocycles. The molecule has 0 unspecified atom stereocenters. The maximum absolute atomic E-state index is 12.7. The van der Waals surface area contributed by atoms with Crippen LogP contribution in [0.15, 0.2) is 48.5 Å². The van der Waals surface area contributed by atoms with Gasteiger partial charge in [0.2, 0.25) is 11.8 Å². The van der Waals surface area contributed by atoms with E-state index in [1.54, 1.807) is 30.3 Å². The van der Waals surface area contributed by atoms with Crippen molar-refractivity contribution in [3.63, 3.8) is 0 Å². The van der Waals surface area contributed by atoms with Crippen molar-refractivity contribution in [1.29, 1.82) is 0 Å². The number of halogens is 1. The number of piperazine rings is 1. The second-order valence-corrected chi connectivity index (χ2v) is 9.54. The van der Waals surface area contributed by atoms with Gasteiger partial charge in [0.15, 0.2) is 0 Å². The Morgan fingerprint density at radius 3 is 1.89 bits per heavy atom. The highest BCUT2D eigenvalue weighted by atomic mass is 35.5. The molecular weight excluding hydrogens is 466 g/mol. The normalized spacial score (nSPS) is 17.2. The highest BCUT2D eigenvalue weighted by Crippen LogP contribution is 2.21. The van der Waals surface area contributed by atoms with Crippen LogP contribution in [0.1, 0.15) is 36.0 Å². The van der Waals surface area contributed by atoms with Crippen LogP contribution in [0.3, 0.4) is 0 Å². The fourth-order valence-corrected chi connectivity index (χ4v) is 4.76. The summed E-state index contributed by atoms with van der Waals surface area (Å²) in [5, 5.41) is 9.34. The van der Waals surface area contributed by atoms with Gasteiger partial charge in [-0.25, -0.2) is 0 Å². The Balaban J connectivity index is 1.22. The summed E-state index contributed by atoms with van der Waals surface area (Å²) in [6.45, 7) is 3.23. The average molecular weight is 498 g/mol. The number of carbonyl (C=O) groups excluding carboxylic acids is 3. The first-order chi connectivity index (χ1) is 17.0. The molecule has 186 valence electrons. The molecule has 8 nitrogen and oxygen atoms in total. The van der Waals surface area contributed by atoms with E-state index in [1.807, 2.05) is 18.2 Å². The number of hydrogen-bond donors (Lipinski definition) is 3. The summed E-state index contributed by atoms with van der Waals surface area (Å²) in [7, 11) is 0. The quantitative estimate of drug-likeness (QED) is 0.520. The topological polar surface area (TPSA) is 93.8 Å². The van der Waals surface area contributed by atoms with Gasteiger partial charge in [-0.05, 0) is 37.1 Å². The van der Waals surface area contributed by atoms with Crippen LogP contribution in [0.25, 0.3) is 0 Å². The van der Waals surface area contributed by atoms with Crippen molar-refractivity contribution in [2.45, 2.75) is 31.7 Å². The first-order valence-electron chi connectivity index (χ1n) is 12.2. The minimum atomic E-state index is -0.156. The molecule has 9 heteroatoms. The molecule has 1 aliphatic carbocycles. The second kappa shape index (κ2) is 12.2. The lowest BCUT2D eigenvalue weighted by molar-refractivity contribution is -0.120. The van der Waals surface area contributed by atoms with Crippen LogP contribution in [0.2, 0.25) is 5.02 Å². The zero-order valence-corrected chi connectivity index (χ0v) is 20.5. The number of hydrogen-bond acceptors (Lipinski definition) is 5. The third kappa shape index (κ3) is 7.27. The van der Waals surface area contributed by atoms with E-state index < -0.39 is 0 Å². The predicted molar refractivity (Wildman–Crippen MR) is 138 cm³/mol. The van der Waals surface area contributed by atoms with Gasteiger partial charge in [-0.3, -0.25) is 24.2 Å². The van der Waals surface area contributed by atoms with E-state index in [9.17, 15) is 14.4 Å². The van der Waals surface area contributed by atoms with Gasteiger partial charge in [-0.2, -0.15) is 0 Å². The summed E-state index contributed by atoms with van der Waals surface area (Å²) in [5.74, 6) is -0.413. The van der Waals surface area contributed by atoms with E-state index in [4.69, 9.17) is 11.6 Å². The Morgan fingerprint density at radius 2 is 1.29 bits per heavy atom. The molecule has 2 aromatic rings. The van der Waals surface area contributed by atoms with Crippen LogP contribution in [0, 0.1) is 0 Å². The molecule has 4 rings (SSSR count). The van der Waals surface area contributed by atoms with Gasteiger partial charge in [0, 0.05) is 32.2 Å². The van der Waals surface area contributed by atoms with Gasteiger partial charge in [0.1, 0.15) is 0 Å². The Hall–Kier alpha value is -2.94.